The molecule has 184 valence electrons. The fourth-order valence-corrected chi connectivity index (χ4v) is 4.81. The summed E-state index contributed by atoms with van der Waals surface area (Å²) in [5.41, 5.74) is 3.83. The molecule has 0 saturated heterocycles. The Morgan fingerprint density at radius 1 is 0.889 bits per heavy atom. The summed E-state index contributed by atoms with van der Waals surface area (Å²) in [6.45, 7) is 8.72. The number of rotatable bonds is 6. The fraction of sp³-hybridized carbons (Fsp3) is 0.241. The molecule has 5 rings (SSSR count). The molecule has 0 saturated carbocycles. The second kappa shape index (κ2) is 9.36. The summed E-state index contributed by atoms with van der Waals surface area (Å²) in [6, 6.07) is 15.4. The van der Waals surface area contributed by atoms with Gasteiger partial charge in [0.1, 0.15) is 5.58 Å². The van der Waals surface area contributed by atoms with Gasteiger partial charge in [-0.05, 0) is 86.8 Å². The van der Waals surface area contributed by atoms with E-state index >= 15 is 0 Å². The second-order valence-corrected chi connectivity index (χ2v) is 9.17. The minimum absolute atomic E-state index is 0.0323. The molecule has 0 aliphatic carbocycles. The summed E-state index contributed by atoms with van der Waals surface area (Å²) in [6.07, 6.45) is 0. The monoisotopic (exact) mass is 503 g/mol. The number of aryl methyl sites for hydroxylation is 2. The Morgan fingerprint density at radius 2 is 1.64 bits per heavy atom. The highest BCUT2D eigenvalue weighted by Crippen LogP contribution is 2.43. The number of anilines is 1. The van der Waals surface area contributed by atoms with E-state index in [4.69, 9.17) is 25.5 Å². The molecule has 1 aromatic heterocycles. The third-order valence-corrected chi connectivity index (χ3v) is 6.72. The molecule has 0 spiro atoms. The molecule has 2 heterocycles. The lowest BCUT2D eigenvalue weighted by molar-refractivity contribution is 0.0971. The topological polar surface area (TPSA) is 69.0 Å². The number of carbonyl (C=O) groups excluding carboxylic acids is 1. The van der Waals surface area contributed by atoms with Crippen LogP contribution >= 0.6 is 11.6 Å². The first kappa shape index (κ1) is 23.9. The standard InChI is InChI=1S/C29H26ClNO5/c1-5-34-23-11-8-18(14-24(23)35-6-2)26-25-27(32)21-15-19(30)9-12-22(21)36-28(25)29(33)31(26)20-10-7-16(3)17(4)13-20/h7-15,26H,5-6H2,1-4H3. The van der Waals surface area contributed by atoms with Gasteiger partial charge >= 0.3 is 0 Å². The van der Waals surface area contributed by atoms with Crippen molar-refractivity contribution in [2.45, 2.75) is 33.7 Å². The van der Waals surface area contributed by atoms with Crippen molar-refractivity contribution in [3.05, 3.63) is 97.9 Å². The van der Waals surface area contributed by atoms with Gasteiger partial charge < -0.3 is 13.9 Å². The van der Waals surface area contributed by atoms with Crippen LogP contribution in [0.3, 0.4) is 0 Å². The Labute approximate surface area is 214 Å². The van der Waals surface area contributed by atoms with Gasteiger partial charge in [-0.2, -0.15) is 0 Å². The molecular formula is C29H26ClNO5. The Kier molecular flexibility index (Phi) is 6.22. The van der Waals surface area contributed by atoms with E-state index in [0.29, 0.717) is 52.0 Å². The number of hydrogen-bond donors (Lipinski definition) is 0. The maximum atomic E-state index is 13.8. The van der Waals surface area contributed by atoms with E-state index in [2.05, 4.69) is 0 Å². The molecule has 36 heavy (non-hydrogen) atoms. The molecular weight excluding hydrogens is 478 g/mol. The van der Waals surface area contributed by atoms with Crippen LogP contribution in [0.2, 0.25) is 5.02 Å². The first-order valence-corrected chi connectivity index (χ1v) is 12.3. The molecule has 0 bridgehead atoms. The number of amides is 1. The number of fused-ring (bicyclic) bond motifs is 2. The predicted molar refractivity (Wildman–Crippen MR) is 141 cm³/mol. The number of nitrogens with zero attached hydrogens (tertiary/aromatic N) is 1. The van der Waals surface area contributed by atoms with Crippen molar-refractivity contribution < 1.29 is 18.7 Å². The smallest absolute Gasteiger partial charge is 0.295 e. The summed E-state index contributed by atoms with van der Waals surface area (Å²) in [5, 5.41) is 0.748. The van der Waals surface area contributed by atoms with Crippen molar-refractivity contribution in [1.82, 2.24) is 0 Å². The molecule has 0 radical (unpaired) electrons. The van der Waals surface area contributed by atoms with Gasteiger partial charge in [0.15, 0.2) is 16.9 Å². The minimum atomic E-state index is -0.718. The second-order valence-electron chi connectivity index (χ2n) is 8.73. The normalized spacial score (nSPS) is 14.9. The molecule has 1 atom stereocenters. The van der Waals surface area contributed by atoms with E-state index in [-0.39, 0.29) is 22.7 Å². The molecule has 0 N–H and O–H groups in total. The Hall–Kier alpha value is -3.77. The highest BCUT2D eigenvalue weighted by Gasteiger charge is 2.44. The molecule has 1 amide bonds. The molecule has 0 fully saturated rings. The van der Waals surface area contributed by atoms with E-state index in [9.17, 15) is 9.59 Å². The summed E-state index contributed by atoms with van der Waals surface area (Å²) in [4.78, 5) is 29.3. The van der Waals surface area contributed by atoms with Crippen LogP contribution in [0.1, 0.15) is 52.7 Å². The van der Waals surface area contributed by atoms with Crippen LogP contribution in [0.4, 0.5) is 5.69 Å². The maximum Gasteiger partial charge on any atom is 0.295 e. The lowest BCUT2D eigenvalue weighted by atomic mass is 9.97. The van der Waals surface area contributed by atoms with E-state index in [1.807, 2.05) is 64.1 Å². The van der Waals surface area contributed by atoms with Crippen molar-refractivity contribution in [3.63, 3.8) is 0 Å². The molecule has 1 aliphatic rings. The van der Waals surface area contributed by atoms with Gasteiger partial charge in [-0.3, -0.25) is 14.5 Å². The van der Waals surface area contributed by atoms with Crippen molar-refractivity contribution in [2.75, 3.05) is 18.1 Å². The molecule has 1 aliphatic heterocycles. The van der Waals surface area contributed by atoms with E-state index in [1.54, 1.807) is 23.1 Å². The quantitative estimate of drug-likeness (QED) is 0.296. The van der Waals surface area contributed by atoms with Crippen molar-refractivity contribution in [3.8, 4) is 11.5 Å². The van der Waals surface area contributed by atoms with Crippen LogP contribution in [-0.2, 0) is 0 Å². The molecule has 3 aromatic carbocycles. The van der Waals surface area contributed by atoms with Gasteiger partial charge in [0.2, 0.25) is 5.76 Å². The third kappa shape index (κ3) is 3.91. The van der Waals surface area contributed by atoms with E-state index < -0.39 is 6.04 Å². The summed E-state index contributed by atoms with van der Waals surface area (Å²) < 4.78 is 17.6. The lowest BCUT2D eigenvalue weighted by Gasteiger charge is -2.26. The Balaban J connectivity index is 1.79. The average molecular weight is 504 g/mol. The predicted octanol–water partition coefficient (Wildman–Crippen LogP) is 6.61. The van der Waals surface area contributed by atoms with Crippen molar-refractivity contribution >= 4 is 34.2 Å². The largest absolute Gasteiger partial charge is 0.490 e. The molecule has 6 nitrogen and oxygen atoms in total. The van der Waals surface area contributed by atoms with Crippen LogP contribution in [-0.4, -0.2) is 19.1 Å². The third-order valence-electron chi connectivity index (χ3n) is 6.48. The van der Waals surface area contributed by atoms with Gasteiger partial charge in [-0.15, -0.1) is 0 Å². The van der Waals surface area contributed by atoms with Crippen LogP contribution in [0.25, 0.3) is 11.0 Å². The number of hydrogen-bond acceptors (Lipinski definition) is 5. The summed E-state index contributed by atoms with van der Waals surface area (Å²) in [7, 11) is 0. The minimum Gasteiger partial charge on any atom is -0.490 e. The van der Waals surface area contributed by atoms with Gasteiger partial charge in [-0.25, -0.2) is 0 Å². The lowest BCUT2D eigenvalue weighted by Crippen LogP contribution is -2.29. The zero-order valence-corrected chi connectivity index (χ0v) is 21.3. The van der Waals surface area contributed by atoms with Crippen LogP contribution in [0.5, 0.6) is 11.5 Å². The summed E-state index contributed by atoms with van der Waals surface area (Å²) in [5.74, 6) is 0.803. The number of halogens is 1. The Morgan fingerprint density at radius 3 is 2.36 bits per heavy atom. The van der Waals surface area contributed by atoms with E-state index in [1.165, 1.54) is 0 Å². The Bertz CT molecular complexity index is 1560. The fourth-order valence-electron chi connectivity index (χ4n) is 4.64. The SMILES string of the molecule is CCOc1ccc(C2c3c(oc4ccc(Cl)cc4c3=O)C(=O)N2c2ccc(C)c(C)c2)cc1OCC. The van der Waals surface area contributed by atoms with Crippen LogP contribution in [0.15, 0.2) is 63.8 Å². The van der Waals surface area contributed by atoms with Gasteiger partial charge in [-0.1, -0.05) is 23.7 Å². The zero-order chi connectivity index (χ0) is 25.6. The maximum absolute atomic E-state index is 13.8. The van der Waals surface area contributed by atoms with Crippen molar-refractivity contribution in [1.29, 1.82) is 0 Å². The van der Waals surface area contributed by atoms with Crippen molar-refractivity contribution in [2.24, 2.45) is 0 Å². The van der Waals surface area contributed by atoms with Crippen LogP contribution < -0.4 is 19.8 Å². The number of carbonyl (C=O) groups is 1. The number of benzene rings is 3. The highest BCUT2D eigenvalue weighted by atomic mass is 35.5. The van der Waals surface area contributed by atoms with Gasteiger partial charge in [0.25, 0.3) is 5.91 Å². The molecule has 4 aromatic rings. The summed E-state index contributed by atoms with van der Waals surface area (Å²) >= 11 is 6.19. The first-order chi connectivity index (χ1) is 17.3. The van der Waals surface area contributed by atoms with Gasteiger partial charge in [0.05, 0.1) is 30.2 Å². The van der Waals surface area contributed by atoms with Crippen LogP contribution in [0, 0.1) is 13.8 Å². The van der Waals surface area contributed by atoms with Gasteiger partial charge in [0, 0.05) is 10.7 Å². The average Bonchev–Trinajstić information content (AvgIpc) is 3.15. The number of ether oxygens (including phenoxy) is 2. The highest BCUT2D eigenvalue weighted by molar-refractivity contribution is 6.31. The molecule has 7 heteroatoms. The zero-order valence-electron chi connectivity index (χ0n) is 20.6. The molecule has 1 unspecified atom stereocenters. The first-order valence-electron chi connectivity index (χ1n) is 11.9. The van der Waals surface area contributed by atoms with E-state index in [0.717, 1.165) is 11.1 Å².